The van der Waals surface area contributed by atoms with Crippen molar-refractivity contribution in [2.75, 3.05) is 6.61 Å². The molecule has 1 aliphatic heterocycles. The van der Waals surface area contributed by atoms with Crippen molar-refractivity contribution < 1.29 is 13.2 Å². The van der Waals surface area contributed by atoms with E-state index >= 15 is 0 Å². The van der Waals surface area contributed by atoms with Gasteiger partial charge in [-0.25, -0.2) is 8.42 Å². The average Bonchev–Trinajstić information content (AvgIpc) is 2.34. The first-order valence-electron chi connectivity index (χ1n) is 6.57. The fourth-order valence-corrected chi connectivity index (χ4v) is 3.00. The van der Waals surface area contributed by atoms with Gasteiger partial charge in [0, 0.05) is 0 Å². The van der Waals surface area contributed by atoms with Crippen LogP contribution in [0.2, 0.25) is 0 Å². The first-order chi connectivity index (χ1) is 9.24. The molecule has 110 valence electrons. The minimum Gasteiger partial charge on any atom is -0.492 e. The Labute approximate surface area is 119 Å². The van der Waals surface area contributed by atoms with E-state index in [1.54, 1.807) is 18.2 Å². The molecule has 0 amide bonds. The summed E-state index contributed by atoms with van der Waals surface area (Å²) in [6.07, 6.45) is 0.986. The van der Waals surface area contributed by atoms with Crippen molar-refractivity contribution in [1.29, 1.82) is 0 Å². The van der Waals surface area contributed by atoms with Crippen LogP contribution in [0.5, 0.6) is 5.75 Å². The summed E-state index contributed by atoms with van der Waals surface area (Å²) in [6.45, 7) is 6.88. The molecule has 1 aromatic carbocycles. The van der Waals surface area contributed by atoms with E-state index in [1.807, 2.05) is 0 Å². The molecule has 0 aromatic heterocycles. The fourth-order valence-electron chi connectivity index (χ4n) is 1.91. The number of amidine groups is 1. The molecule has 20 heavy (non-hydrogen) atoms. The molecule has 0 atom stereocenters. The van der Waals surface area contributed by atoms with Crippen molar-refractivity contribution in [3.63, 3.8) is 0 Å². The molecule has 0 fully saturated rings. The summed E-state index contributed by atoms with van der Waals surface area (Å²) < 4.78 is 32.6. The number of sulfonamides is 1. The van der Waals surface area contributed by atoms with E-state index in [1.165, 1.54) is 0 Å². The number of hydrogen-bond donors (Lipinski definition) is 1. The van der Waals surface area contributed by atoms with Crippen molar-refractivity contribution in [1.82, 2.24) is 0 Å². The Morgan fingerprint density at radius 2 is 2.10 bits per heavy atom. The number of nitrogens with two attached hydrogens (primary N) is 1. The number of rotatable bonds is 4. The average molecular weight is 296 g/mol. The van der Waals surface area contributed by atoms with Crippen molar-refractivity contribution >= 4 is 15.9 Å². The van der Waals surface area contributed by atoms with Gasteiger partial charge in [-0.3, -0.25) is 0 Å². The Kier molecular flexibility index (Phi) is 3.77. The van der Waals surface area contributed by atoms with E-state index in [0.29, 0.717) is 23.5 Å². The lowest BCUT2D eigenvalue weighted by Gasteiger charge is -2.25. The predicted molar refractivity (Wildman–Crippen MR) is 79.4 cm³/mol. The van der Waals surface area contributed by atoms with Crippen molar-refractivity contribution in [2.24, 2.45) is 15.5 Å². The SMILES string of the molecule is CCC(C)(C)COc1cccc2c1C(N)=NS(=O)(=O)C2. The molecular weight excluding hydrogens is 276 g/mol. The number of benzene rings is 1. The van der Waals surface area contributed by atoms with Crippen LogP contribution < -0.4 is 10.5 Å². The van der Waals surface area contributed by atoms with Gasteiger partial charge < -0.3 is 10.5 Å². The van der Waals surface area contributed by atoms with E-state index in [4.69, 9.17) is 10.5 Å². The van der Waals surface area contributed by atoms with Crippen molar-refractivity contribution in [3.05, 3.63) is 29.3 Å². The molecule has 2 N–H and O–H groups in total. The summed E-state index contributed by atoms with van der Waals surface area (Å²) in [4.78, 5) is 0. The highest BCUT2D eigenvalue weighted by atomic mass is 32.2. The van der Waals surface area contributed by atoms with Gasteiger partial charge in [0.1, 0.15) is 11.6 Å². The molecule has 1 aromatic rings. The molecule has 0 saturated carbocycles. The Morgan fingerprint density at radius 1 is 1.40 bits per heavy atom. The standard InChI is InChI=1S/C14H20N2O3S/c1-4-14(2,3)9-19-11-7-5-6-10-8-20(17,18)16-13(15)12(10)11/h5-7H,4,8-9H2,1-3H3,(H2,15,16). The summed E-state index contributed by atoms with van der Waals surface area (Å²) in [6, 6.07) is 5.32. The van der Waals surface area contributed by atoms with Gasteiger partial charge in [0.15, 0.2) is 0 Å². The molecule has 0 unspecified atom stereocenters. The molecular formula is C14H20N2O3S. The Hall–Kier alpha value is -1.56. The summed E-state index contributed by atoms with van der Waals surface area (Å²) in [5.41, 5.74) is 7.09. The normalized spacial score (nSPS) is 17.2. The van der Waals surface area contributed by atoms with Crippen LogP contribution in [0.4, 0.5) is 0 Å². The van der Waals surface area contributed by atoms with E-state index < -0.39 is 10.0 Å². The van der Waals surface area contributed by atoms with Crippen LogP contribution in [0.1, 0.15) is 38.3 Å². The van der Waals surface area contributed by atoms with Gasteiger partial charge in [-0.2, -0.15) is 0 Å². The number of fused-ring (bicyclic) bond motifs is 1. The van der Waals surface area contributed by atoms with Gasteiger partial charge in [-0.1, -0.05) is 32.9 Å². The highest BCUT2D eigenvalue weighted by Crippen LogP contribution is 2.30. The summed E-state index contributed by atoms with van der Waals surface area (Å²) in [5, 5.41) is 0. The first kappa shape index (κ1) is 14.8. The van der Waals surface area contributed by atoms with E-state index in [0.717, 1.165) is 6.42 Å². The molecule has 0 aliphatic carbocycles. The summed E-state index contributed by atoms with van der Waals surface area (Å²) in [7, 11) is -3.50. The molecule has 5 nitrogen and oxygen atoms in total. The Bertz CT molecular complexity index is 648. The maximum absolute atomic E-state index is 11.6. The molecule has 1 heterocycles. The van der Waals surface area contributed by atoms with Crippen LogP contribution in [0.15, 0.2) is 22.6 Å². The second-order valence-corrected chi connectivity index (χ2v) is 7.43. The second kappa shape index (κ2) is 5.09. The number of hydrogen-bond acceptors (Lipinski definition) is 4. The van der Waals surface area contributed by atoms with Crippen molar-refractivity contribution in [3.8, 4) is 5.75 Å². The molecule has 0 radical (unpaired) electrons. The fraction of sp³-hybridized carbons (Fsp3) is 0.500. The molecule has 0 spiro atoms. The molecule has 0 saturated heterocycles. The zero-order chi connectivity index (χ0) is 15.0. The first-order valence-corrected chi connectivity index (χ1v) is 8.18. The lowest BCUT2D eigenvalue weighted by molar-refractivity contribution is 0.175. The molecule has 1 aliphatic rings. The smallest absolute Gasteiger partial charge is 0.259 e. The van der Waals surface area contributed by atoms with Crippen LogP contribution in [0, 0.1) is 5.41 Å². The Morgan fingerprint density at radius 3 is 2.75 bits per heavy atom. The second-order valence-electron chi connectivity index (χ2n) is 5.80. The van der Waals surface area contributed by atoms with Gasteiger partial charge >= 0.3 is 0 Å². The third-order valence-electron chi connectivity index (χ3n) is 3.52. The maximum atomic E-state index is 11.6. The lowest BCUT2D eigenvalue weighted by Crippen LogP contribution is -2.26. The van der Waals surface area contributed by atoms with Gasteiger partial charge in [-0.15, -0.1) is 4.40 Å². The van der Waals surface area contributed by atoms with E-state index in [2.05, 4.69) is 25.2 Å². The van der Waals surface area contributed by atoms with Crippen LogP contribution in [-0.4, -0.2) is 20.9 Å². The topological polar surface area (TPSA) is 81.8 Å². The van der Waals surface area contributed by atoms with Crippen LogP contribution in [0.3, 0.4) is 0 Å². The van der Waals surface area contributed by atoms with E-state index in [9.17, 15) is 8.42 Å². The molecule has 2 rings (SSSR count). The molecule has 0 bridgehead atoms. The third-order valence-corrected chi connectivity index (χ3v) is 4.67. The highest BCUT2D eigenvalue weighted by Gasteiger charge is 2.26. The van der Waals surface area contributed by atoms with E-state index in [-0.39, 0.29) is 17.0 Å². The highest BCUT2D eigenvalue weighted by molar-refractivity contribution is 7.89. The largest absolute Gasteiger partial charge is 0.492 e. The predicted octanol–water partition coefficient (Wildman–Crippen LogP) is 2.05. The molecule has 6 heteroatoms. The Balaban J connectivity index is 2.35. The summed E-state index contributed by atoms with van der Waals surface area (Å²) in [5.74, 6) is 0.480. The number of nitrogens with zero attached hydrogens (tertiary/aromatic N) is 1. The lowest BCUT2D eigenvalue weighted by atomic mass is 9.91. The third kappa shape index (κ3) is 3.12. The zero-order valence-electron chi connectivity index (χ0n) is 12.0. The van der Waals surface area contributed by atoms with Crippen LogP contribution in [0.25, 0.3) is 0 Å². The van der Waals surface area contributed by atoms with Gasteiger partial charge in [0.25, 0.3) is 10.0 Å². The minimum atomic E-state index is -3.50. The zero-order valence-corrected chi connectivity index (χ0v) is 12.8. The number of ether oxygens (including phenoxy) is 1. The minimum absolute atomic E-state index is 0.0103. The quantitative estimate of drug-likeness (QED) is 0.922. The monoisotopic (exact) mass is 296 g/mol. The van der Waals surface area contributed by atoms with Gasteiger partial charge in [-0.05, 0) is 23.5 Å². The van der Waals surface area contributed by atoms with Gasteiger partial charge in [0.05, 0.1) is 17.9 Å². The van der Waals surface area contributed by atoms with Gasteiger partial charge in [0.2, 0.25) is 0 Å². The summed E-state index contributed by atoms with van der Waals surface area (Å²) >= 11 is 0. The van der Waals surface area contributed by atoms with Crippen molar-refractivity contribution in [2.45, 2.75) is 32.9 Å². The van der Waals surface area contributed by atoms with Crippen LogP contribution >= 0.6 is 0 Å². The van der Waals surface area contributed by atoms with Crippen LogP contribution in [-0.2, 0) is 15.8 Å². The maximum Gasteiger partial charge on any atom is 0.259 e.